The molecule has 0 aliphatic heterocycles. The van der Waals surface area contributed by atoms with Crippen LogP contribution in [-0.4, -0.2) is 11.9 Å². The van der Waals surface area contributed by atoms with Gasteiger partial charge in [-0.25, -0.2) is 0 Å². The SMILES string of the molecule is C=C(CCC(=O)[O-])C(=O)[O-].[H+].[H+]. The summed E-state index contributed by atoms with van der Waals surface area (Å²) >= 11 is 0. The molecule has 4 nitrogen and oxygen atoms in total. The highest BCUT2D eigenvalue weighted by Crippen LogP contribution is 1.98. The molecule has 0 radical (unpaired) electrons. The van der Waals surface area contributed by atoms with Crippen molar-refractivity contribution in [3.05, 3.63) is 12.2 Å². The predicted molar refractivity (Wildman–Crippen MR) is 30.6 cm³/mol. The van der Waals surface area contributed by atoms with E-state index in [0.717, 1.165) is 0 Å². The Bertz CT molecular complexity index is 178. The zero-order chi connectivity index (χ0) is 8.15. The molecule has 0 fully saturated rings. The summed E-state index contributed by atoms with van der Waals surface area (Å²) in [5.41, 5.74) is -0.218. The van der Waals surface area contributed by atoms with Gasteiger partial charge in [0.05, 0.1) is 5.97 Å². The second-order valence-electron chi connectivity index (χ2n) is 1.76. The van der Waals surface area contributed by atoms with Crippen molar-refractivity contribution in [1.29, 1.82) is 0 Å². The van der Waals surface area contributed by atoms with Gasteiger partial charge in [-0.2, -0.15) is 0 Å². The largest absolute Gasteiger partial charge is 1.00 e. The zero-order valence-electron chi connectivity index (χ0n) is 7.25. The third-order valence-electron chi connectivity index (χ3n) is 0.920. The lowest BCUT2D eigenvalue weighted by atomic mass is 10.2. The molecular formula is C6H8O4. The molecule has 0 aromatic heterocycles. The quantitative estimate of drug-likeness (QED) is 0.429. The first-order chi connectivity index (χ1) is 4.54. The number of carbonyl (C=O) groups excluding carboxylic acids is 2. The minimum atomic E-state index is -1.42. The number of carboxylic acid groups (broad SMARTS) is 2. The van der Waals surface area contributed by atoms with E-state index in [1.807, 2.05) is 0 Å². The van der Waals surface area contributed by atoms with Gasteiger partial charge >= 0.3 is 2.85 Å². The van der Waals surface area contributed by atoms with E-state index in [-0.39, 0.29) is 21.3 Å². The molecule has 0 aromatic carbocycles. The van der Waals surface area contributed by atoms with Gasteiger partial charge in [0, 0.05) is 5.97 Å². The number of hydrogen-bond acceptors (Lipinski definition) is 4. The molecule has 0 saturated heterocycles. The van der Waals surface area contributed by atoms with Crippen molar-refractivity contribution in [2.75, 3.05) is 0 Å². The fraction of sp³-hybridized carbons (Fsp3) is 0.333. The van der Waals surface area contributed by atoms with E-state index >= 15 is 0 Å². The van der Waals surface area contributed by atoms with Crippen LogP contribution in [0.5, 0.6) is 0 Å². The molecule has 0 aliphatic carbocycles. The van der Waals surface area contributed by atoms with E-state index in [9.17, 15) is 19.8 Å². The summed E-state index contributed by atoms with van der Waals surface area (Å²) in [5, 5.41) is 19.6. The molecule has 0 unspecified atom stereocenters. The van der Waals surface area contributed by atoms with E-state index in [4.69, 9.17) is 0 Å². The highest BCUT2D eigenvalue weighted by Gasteiger charge is 1.93. The van der Waals surface area contributed by atoms with Crippen LogP contribution < -0.4 is 10.2 Å². The molecule has 0 heterocycles. The maximum atomic E-state index is 9.89. The Hall–Kier alpha value is -1.32. The number of hydrogen-bond donors (Lipinski definition) is 0. The van der Waals surface area contributed by atoms with E-state index < -0.39 is 11.9 Å². The fourth-order valence-electron chi connectivity index (χ4n) is 0.355. The second kappa shape index (κ2) is 3.66. The first-order valence-corrected chi connectivity index (χ1v) is 2.63. The monoisotopic (exact) mass is 144 g/mol. The van der Waals surface area contributed by atoms with E-state index in [1.165, 1.54) is 0 Å². The summed E-state index contributed by atoms with van der Waals surface area (Å²) in [6.45, 7) is 3.07. The smallest absolute Gasteiger partial charge is 0.550 e. The summed E-state index contributed by atoms with van der Waals surface area (Å²) < 4.78 is 0. The standard InChI is InChI=1S/C6H8O4/c1-4(6(9)10)2-3-5(7)8/h1-3H2,(H,7,8)(H,9,10). The number of aliphatic carboxylic acids is 2. The Kier molecular flexibility index (Phi) is 3.17. The van der Waals surface area contributed by atoms with Crippen LogP contribution in [0.1, 0.15) is 15.7 Å². The third kappa shape index (κ3) is 3.65. The van der Waals surface area contributed by atoms with Gasteiger partial charge in [-0.3, -0.25) is 0 Å². The second-order valence-corrected chi connectivity index (χ2v) is 1.76. The van der Waals surface area contributed by atoms with E-state index in [0.29, 0.717) is 0 Å². The Morgan fingerprint density at radius 1 is 1.30 bits per heavy atom. The average molecular weight is 144 g/mol. The van der Waals surface area contributed by atoms with Crippen LogP contribution in [0.15, 0.2) is 12.2 Å². The van der Waals surface area contributed by atoms with Crippen LogP contribution in [0.2, 0.25) is 0 Å². The Morgan fingerprint density at radius 3 is 2.10 bits per heavy atom. The molecule has 0 amide bonds. The van der Waals surface area contributed by atoms with Crippen molar-refractivity contribution in [2.24, 2.45) is 0 Å². The van der Waals surface area contributed by atoms with Gasteiger partial charge < -0.3 is 19.8 Å². The molecule has 0 aliphatic rings. The van der Waals surface area contributed by atoms with Gasteiger partial charge in [0.25, 0.3) is 0 Å². The summed E-state index contributed by atoms with van der Waals surface area (Å²) in [6, 6.07) is 0. The highest BCUT2D eigenvalue weighted by atomic mass is 16.4. The Morgan fingerprint density at radius 2 is 1.80 bits per heavy atom. The lowest BCUT2D eigenvalue weighted by Crippen LogP contribution is -2.26. The predicted octanol–water partition coefficient (Wildman–Crippen LogP) is -1.95. The van der Waals surface area contributed by atoms with Crippen molar-refractivity contribution in [3.63, 3.8) is 0 Å². The van der Waals surface area contributed by atoms with Crippen molar-refractivity contribution < 1.29 is 22.7 Å². The van der Waals surface area contributed by atoms with E-state index in [2.05, 4.69) is 6.58 Å². The summed E-state index contributed by atoms with van der Waals surface area (Å²) in [4.78, 5) is 19.6. The van der Waals surface area contributed by atoms with Gasteiger partial charge in [0.2, 0.25) is 0 Å². The summed E-state index contributed by atoms with van der Waals surface area (Å²) in [7, 11) is 0. The van der Waals surface area contributed by atoms with Crippen molar-refractivity contribution in [2.45, 2.75) is 12.8 Å². The van der Waals surface area contributed by atoms with Crippen LogP contribution in [0, 0.1) is 0 Å². The maximum absolute atomic E-state index is 9.89. The molecule has 0 bridgehead atoms. The minimum Gasteiger partial charge on any atom is -0.550 e. The lowest BCUT2D eigenvalue weighted by Gasteiger charge is -2.05. The molecule has 0 rings (SSSR count). The minimum absolute atomic E-state index is 0. The number of rotatable bonds is 4. The van der Waals surface area contributed by atoms with Crippen LogP contribution in [0.4, 0.5) is 0 Å². The first kappa shape index (κ1) is 8.68. The van der Waals surface area contributed by atoms with Crippen LogP contribution >= 0.6 is 0 Å². The Labute approximate surface area is 60.8 Å². The van der Waals surface area contributed by atoms with Gasteiger partial charge in [-0.1, -0.05) is 6.58 Å². The molecule has 10 heavy (non-hydrogen) atoms. The molecule has 56 valence electrons. The maximum Gasteiger partial charge on any atom is 1.00 e. The highest BCUT2D eigenvalue weighted by molar-refractivity contribution is 5.84. The van der Waals surface area contributed by atoms with Crippen LogP contribution in [0.25, 0.3) is 0 Å². The fourth-order valence-corrected chi connectivity index (χ4v) is 0.355. The normalized spacial score (nSPS) is 8.80. The van der Waals surface area contributed by atoms with Crippen molar-refractivity contribution in [1.82, 2.24) is 0 Å². The molecule has 0 atom stereocenters. The number of carbonyl (C=O) groups is 2. The average Bonchev–Trinajstić information content (AvgIpc) is 1.82. The van der Waals surface area contributed by atoms with Crippen LogP contribution in [0.3, 0.4) is 0 Å². The number of carboxylic acids is 2. The molecule has 0 spiro atoms. The van der Waals surface area contributed by atoms with Gasteiger partial charge in [-0.05, 0) is 18.4 Å². The lowest BCUT2D eigenvalue weighted by molar-refractivity contribution is -0.305. The first-order valence-electron chi connectivity index (χ1n) is 2.63. The molecular weight excluding hydrogens is 136 g/mol. The summed E-state index contributed by atoms with van der Waals surface area (Å²) in [6.07, 6.45) is -0.447. The van der Waals surface area contributed by atoms with Crippen molar-refractivity contribution in [3.8, 4) is 0 Å². The molecule has 0 N–H and O–H groups in total. The summed E-state index contributed by atoms with van der Waals surface area (Å²) in [5.74, 6) is -2.70. The van der Waals surface area contributed by atoms with Crippen LogP contribution in [-0.2, 0) is 9.59 Å². The molecule has 0 saturated carbocycles. The van der Waals surface area contributed by atoms with Crippen molar-refractivity contribution >= 4 is 11.9 Å². The van der Waals surface area contributed by atoms with Gasteiger partial charge in [-0.15, -0.1) is 0 Å². The zero-order valence-corrected chi connectivity index (χ0v) is 5.25. The van der Waals surface area contributed by atoms with Gasteiger partial charge in [0.1, 0.15) is 0 Å². The third-order valence-corrected chi connectivity index (χ3v) is 0.920. The molecule has 4 heteroatoms. The van der Waals surface area contributed by atoms with E-state index in [1.54, 1.807) is 0 Å². The van der Waals surface area contributed by atoms with Gasteiger partial charge in [0.15, 0.2) is 0 Å². The topological polar surface area (TPSA) is 80.3 Å². The Balaban J connectivity index is -0.000000405. The molecule has 0 aromatic rings.